The molecule has 0 radical (unpaired) electrons. The van der Waals surface area contributed by atoms with E-state index in [1.807, 2.05) is 29.2 Å². The first-order chi connectivity index (χ1) is 12.6. The van der Waals surface area contributed by atoms with Crippen LogP contribution in [0.2, 0.25) is 0 Å². The van der Waals surface area contributed by atoms with Crippen LogP contribution in [0.5, 0.6) is 17.4 Å². The second-order valence-corrected chi connectivity index (χ2v) is 6.64. The molecule has 1 atom stereocenters. The number of aryl methyl sites for hydroxylation is 1. The number of carbonyl (C=O) groups excluding carboxylic acids is 1. The third kappa shape index (κ3) is 4.94. The highest BCUT2D eigenvalue weighted by Crippen LogP contribution is 2.24. The highest BCUT2D eigenvalue weighted by molar-refractivity contribution is 5.73. The van der Waals surface area contributed by atoms with Gasteiger partial charge in [0.25, 0.3) is 0 Å². The number of aromatic nitrogens is 2. The van der Waals surface area contributed by atoms with Crippen LogP contribution in [-0.2, 0) is 11.2 Å². The lowest BCUT2D eigenvalue weighted by Crippen LogP contribution is -2.38. The number of amides is 1. The van der Waals surface area contributed by atoms with E-state index in [2.05, 4.69) is 9.97 Å². The fourth-order valence-corrected chi connectivity index (χ4v) is 3.26. The lowest BCUT2D eigenvalue weighted by molar-refractivity contribution is -0.130. The summed E-state index contributed by atoms with van der Waals surface area (Å²) in [4.78, 5) is 22.3. The predicted molar refractivity (Wildman–Crippen MR) is 98.4 cm³/mol. The highest BCUT2D eigenvalue weighted by Gasteiger charge is 2.21. The highest BCUT2D eigenvalue weighted by atomic mass is 16.5. The first-order valence-corrected chi connectivity index (χ1v) is 9.02. The molecule has 6 heteroatoms. The fraction of sp³-hybridized carbons (Fsp3) is 0.450. The smallest absolute Gasteiger partial charge is 0.238 e. The van der Waals surface area contributed by atoms with Crippen molar-refractivity contribution < 1.29 is 14.3 Å². The van der Waals surface area contributed by atoms with Gasteiger partial charge in [-0.05, 0) is 55.9 Å². The van der Waals surface area contributed by atoms with Gasteiger partial charge in [0.15, 0.2) is 0 Å². The summed E-state index contributed by atoms with van der Waals surface area (Å²) in [7, 11) is 1.63. The van der Waals surface area contributed by atoms with Crippen molar-refractivity contribution >= 4 is 5.91 Å². The summed E-state index contributed by atoms with van der Waals surface area (Å²) < 4.78 is 10.9. The maximum Gasteiger partial charge on any atom is 0.238 e. The van der Waals surface area contributed by atoms with Crippen LogP contribution in [0, 0.1) is 5.92 Å². The van der Waals surface area contributed by atoms with Crippen LogP contribution in [0.4, 0.5) is 0 Å². The Morgan fingerprint density at radius 1 is 1.23 bits per heavy atom. The van der Waals surface area contributed by atoms with E-state index >= 15 is 0 Å². The zero-order valence-electron chi connectivity index (χ0n) is 15.4. The molecule has 2 aromatic rings. The van der Waals surface area contributed by atoms with Crippen molar-refractivity contribution in [1.29, 1.82) is 0 Å². The number of nitrogens with zero attached hydrogens (tertiary/aromatic N) is 3. The monoisotopic (exact) mass is 355 g/mol. The normalized spacial score (nSPS) is 17.0. The summed E-state index contributed by atoms with van der Waals surface area (Å²) in [5, 5.41) is 0. The van der Waals surface area contributed by atoms with Gasteiger partial charge in [0.1, 0.15) is 11.5 Å². The van der Waals surface area contributed by atoms with Crippen molar-refractivity contribution in [2.45, 2.75) is 32.6 Å². The zero-order valence-corrected chi connectivity index (χ0v) is 15.4. The number of carbonyl (C=O) groups is 1. The number of piperidine rings is 1. The number of ether oxygens (including phenoxy) is 2. The lowest BCUT2D eigenvalue weighted by Gasteiger charge is -2.32. The van der Waals surface area contributed by atoms with E-state index in [1.165, 1.54) is 6.42 Å². The summed E-state index contributed by atoms with van der Waals surface area (Å²) in [6.45, 7) is 3.38. The van der Waals surface area contributed by atoms with E-state index in [0.29, 0.717) is 17.5 Å². The maximum atomic E-state index is 11.6. The molecular formula is C20H25N3O3. The van der Waals surface area contributed by atoms with Gasteiger partial charge in [-0.1, -0.05) is 0 Å². The Morgan fingerprint density at radius 3 is 2.73 bits per heavy atom. The van der Waals surface area contributed by atoms with E-state index in [9.17, 15) is 4.79 Å². The Bertz CT molecular complexity index is 733. The van der Waals surface area contributed by atoms with E-state index in [1.54, 1.807) is 26.4 Å². The fourth-order valence-electron chi connectivity index (χ4n) is 3.26. The van der Waals surface area contributed by atoms with Crippen LogP contribution in [0.15, 0.2) is 36.7 Å². The minimum Gasteiger partial charge on any atom is -0.497 e. The molecule has 1 unspecified atom stereocenters. The van der Waals surface area contributed by atoms with E-state index < -0.39 is 0 Å². The zero-order chi connectivity index (χ0) is 18.4. The van der Waals surface area contributed by atoms with Crippen LogP contribution in [0.1, 0.15) is 31.9 Å². The molecule has 1 aromatic carbocycles. The van der Waals surface area contributed by atoms with Gasteiger partial charge in [-0.2, -0.15) is 0 Å². The molecule has 1 aliphatic rings. The Labute approximate surface area is 154 Å². The summed E-state index contributed by atoms with van der Waals surface area (Å²) in [5.41, 5.74) is 0.913. The summed E-state index contributed by atoms with van der Waals surface area (Å²) in [6.07, 6.45) is 7.49. The summed E-state index contributed by atoms with van der Waals surface area (Å²) >= 11 is 0. The number of methoxy groups -OCH3 is 1. The second-order valence-electron chi connectivity index (χ2n) is 6.64. The average molecular weight is 355 g/mol. The standard InChI is InChI=1S/C20H25N3O3/c1-15(24)23-11-3-4-16(14-23)5-6-17-12-21-13-20(22-17)26-19-9-7-18(25-2)8-10-19/h7-10,12-13,16H,3-6,11,14H2,1-2H3. The maximum absolute atomic E-state index is 11.6. The van der Waals surface area contributed by atoms with E-state index in [-0.39, 0.29) is 5.91 Å². The molecule has 6 nitrogen and oxygen atoms in total. The van der Waals surface area contributed by atoms with Crippen molar-refractivity contribution in [2.24, 2.45) is 5.92 Å². The van der Waals surface area contributed by atoms with Gasteiger partial charge >= 0.3 is 0 Å². The lowest BCUT2D eigenvalue weighted by atomic mass is 9.93. The average Bonchev–Trinajstić information content (AvgIpc) is 2.67. The first-order valence-electron chi connectivity index (χ1n) is 9.02. The van der Waals surface area contributed by atoms with Gasteiger partial charge in [-0.3, -0.25) is 9.78 Å². The molecule has 0 aliphatic carbocycles. The third-order valence-corrected chi connectivity index (χ3v) is 4.72. The third-order valence-electron chi connectivity index (χ3n) is 4.72. The van der Waals surface area contributed by atoms with Crippen molar-refractivity contribution in [2.75, 3.05) is 20.2 Å². The Kier molecular flexibility index (Phi) is 6.04. The summed E-state index contributed by atoms with van der Waals surface area (Å²) in [6, 6.07) is 7.37. The second kappa shape index (κ2) is 8.65. The number of hydrogen-bond acceptors (Lipinski definition) is 5. The Hall–Kier alpha value is -2.63. The van der Waals surface area contributed by atoms with Gasteiger partial charge in [0, 0.05) is 26.2 Å². The van der Waals surface area contributed by atoms with Crippen molar-refractivity contribution in [3.05, 3.63) is 42.4 Å². The molecule has 26 heavy (non-hydrogen) atoms. The first kappa shape index (κ1) is 18.2. The molecule has 0 bridgehead atoms. The van der Waals surface area contributed by atoms with Gasteiger partial charge in [-0.25, -0.2) is 4.98 Å². The number of benzene rings is 1. The molecule has 2 heterocycles. The Balaban J connectivity index is 1.56. The number of likely N-dealkylation sites (tertiary alicyclic amines) is 1. The van der Waals surface area contributed by atoms with Crippen molar-refractivity contribution in [1.82, 2.24) is 14.9 Å². The molecule has 1 fully saturated rings. The topological polar surface area (TPSA) is 64.6 Å². The van der Waals surface area contributed by atoms with Crippen LogP contribution in [-0.4, -0.2) is 41.0 Å². The molecule has 138 valence electrons. The van der Waals surface area contributed by atoms with E-state index in [0.717, 1.165) is 43.8 Å². The molecule has 3 rings (SSSR count). The Morgan fingerprint density at radius 2 is 2.00 bits per heavy atom. The largest absolute Gasteiger partial charge is 0.497 e. The van der Waals surface area contributed by atoms with Crippen LogP contribution in [0.3, 0.4) is 0 Å². The molecule has 1 aromatic heterocycles. The SMILES string of the molecule is COc1ccc(Oc2cncc(CCC3CCCN(C(C)=O)C3)n2)cc1. The molecule has 1 aliphatic heterocycles. The van der Waals surface area contributed by atoms with Crippen LogP contribution in [0.25, 0.3) is 0 Å². The quantitative estimate of drug-likeness (QED) is 0.794. The molecule has 0 spiro atoms. The molecule has 1 amide bonds. The molecule has 0 N–H and O–H groups in total. The van der Waals surface area contributed by atoms with E-state index in [4.69, 9.17) is 9.47 Å². The predicted octanol–water partition coefficient (Wildman–Crippen LogP) is 3.47. The van der Waals surface area contributed by atoms with Gasteiger partial charge in [0.2, 0.25) is 11.8 Å². The number of rotatable bonds is 6. The minimum absolute atomic E-state index is 0.171. The minimum atomic E-state index is 0.171. The van der Waals surface area contributed by atoms with Gasteiger partial charge < -0.3 is 14.4 Å². The molecular weight excluding hydrogens is 330 g/mol. The van der Waals surface area contributed by atoms with Gasteiger partial charge in [-0.15, -0.1) is 0 Å². The van der Waals surface area contributed by atoms with Crippen molar-refractivity contribution in [3.8, 4) is 17.4 Å². The van der Waals surface area contributed by atoms with Crippen LogP contribution < -0.4 is 9.47 Å². The summed E-state index contributed by atoms with van der Waals surface area (Å²) in [5.74, 6) is 2.66. The number of hydrogen-bond donors (Lipinski definition) is 0. The molecule has 1 saturated heterocycles. The molecule has 0 saturated carbocycles. The van der Waals surface area contributed by atoms with Crippen LogP contribution >= 0.6 is 0 Å². The van der Waals surface area contributed by atoms with Gasteiger partial charge in [0.05, 0.1) is 19.0 Å². The van der Waals surface area contributed by atoms with Crippen molar-refractivity contribution in [3.63, 3.8) is 0 Å².